The summed E-state index contributed by atoms with van der Waals surface area (Å²) < 4.78 is 2.38. The maximum Gasteiger partial charge on any atom is 0.239 e. The number of imidazole rings is 1. The van der Waals surface area contributed by atoms with Gasteiger partial charge in [-0.3, -0.25) is 4.98 Å². The van der Waals surface area contributed by atoms with Gasteiger partial charge in [-0.15, -0.1) is 0 Å². The van der Waals surface area contributed by atoms with Crippen molar-refractivity contribution in [1.29, 1.82) is 0 Å². The molecule has 192 valence electrons. The fourth-order valence-corrected chi connectivity index (χ4v) is 6.75. The number of nitrogens with zero attached hydrogens (tertiary/aromatic N) is 2. The highest BCUT2D eigenvalue weighted by Gasteiger charge is 2.13. The topological polar surface area (TPSA) is 17.8 Å². The van der Waals surface area contributed by atoms with Gasteiger partial charge in [0.05, 0.1) is 5.72 Å². The molecule has 0 spiro atoms. The van der Waals surface area contributed by atoms with Crippen LogP contribution in [0.15, 0.2) is 145 Å². The highest BCUT2D eigenvalue weighted by atomic mass is 28.2. The van der Waals surface area contributed by atoms with Gasteiger partial charge in [-0.2, -0.15) is 0 Å². The predicted molar refractivity (Wildman–Crippen MR) is 172 cm³/mol. The van der Waals surface area contributed by atoms with Crippen LogP contribution in [0.5, 0.6) is 0 Å². The monoisotopic (exact) mass is 522 g/mol. The van der Waals surface area contributed by atoms with Gasteiger partial charge in [0.25, 0.3) is 0 Å². The molecule has 0 aliphatic carbocycles. The molecule has 0 aliphatic heterocycles. The second-order valence-electron chi connectivity index (χ2n) is 10.1. The molecule has 0 radical (unpaired) electrons. The van der Waals surface area contributed by atoms with Crippen LogP contribution in [0.25, 0.3) is 11.5 Å². The standard InChI is InChI=1S/C35H35BN2Si/c1-28(24-33(30-16-8-3-9-17-30)31-18-10-4-11-19-31)26-39-27-38-23-22-37-35(38)36-34(32-20-12-5-13-21-32)25-29-14-6-2-7-15-29/h2-25,33,36H,26-27,39H2,1H3. The molecule has 2 nitrogen and oxygen atoms in total. The molecule has 39 heavy (non-hydrogen) atoms. The van der Waals surface area contributed by atoms with Crippen LogP contribution in [0.3, 0.4) is 0 Å². The average molecular weight is 523 g/mol. The summed E-state index contributed by atoms with van der Waals surface area (Å²) in [5.41, 5.74) is 9.08. The molecule has 0 fully saturated rings. The molecule has 0 saturated heterocycles. The maximum atomic E-state index is 4.78. The Balaban J connectivity index is 1.28. The van der Waals surface area contributed by atoms with Gasteiger partial charge in [0, 0.05) is 34.0 Å². The van der Waals surface area contributed by atoms with Crippen LogP contribution >= 0.6 is 0 Å². The zero-order valence-electron chi connectivity index (χ0n) is 22.7. The Morgan fingerprint density at radius 1 is 0.795 bits per heavy atom. The Kier molecular flexibility index (Phi) is 9.22. The van der Waals surface area contributed by atoms with E-state index in [-0.39, 0.29) is 9.52 Å². The zero-order valence-corrected chi connectivity index (χ0v) is 24.1. The molecule has 0 aliphatic rings. The predicted octanol–water partition coefficient (Wildman–Crippen LogP) is 6.47. The van der Waals surface area contributed by atoms with Gasteiger partial charge in [0.15, 0.2) is 0 Å². The minimum Gasteiger partial charge on any atom is -0.346 e. The van der Waals surface area contributed by atoms with Crippen molar-refractivity contribution < 1.29 is 0 Å². The normalized spacial score (nSPS) is 12.4. The Labute approximate surface area is 235 Å². The van der Waals surface area contributed by atoms with Crippen molar-refractivity contribution in [3.8, 4) is 0 Å². The van der Waals surface area contributed by atoms with Gasteiger partial charge in [0.1, 0.15) is 0 Å². The van der Waals surface area contributed by atoms with Crippen molar-refractivity contribution >= 4 is 34.1 Å². The van der Waals surface area contributed by atoms with Gasteiger partial charge < -0.3 is 4.57 Å². The minimum atomic E-state index is -0.348. The van der Waals surface area contributed by atoms with E-state index in [9.17, 15) is 0 Å². The first-order valence-corrected chi connectivity index (χ1v) is 15.8. The fourth-order valence-electron chi connectivity index (χ4n) is 5.12. The number of allylic oxidation sites excluding steroid dienone is 2. The lowest BCUT2D eigenvalue weighted by molar-refractivity contribution is 0.900. The lowest BCUT2D eigenvalue weighted by Crippen LogP contribution is -2.29. The first-order chi connectivity index (χ1) is 19.3. The van der Waals surface area contributed by atoms with Gasteiger partial charge in [-0.05, 0) is 35.2 Å². The SMILES string of the molecule is CC(=CC(c1ccccc1)c1ccccc1)C[SiH2]Cn1ccnc1BC(=Cc1ccccc1)c1ccccc1. The third-order valence-corrected chi connectivity index (χ3v) is 9.11. The molecule has 0 unspecified atom stereocenters. The largest absolute Gasteiger partial charge is 0.346 e. The zero-order chi connectivity index (χ0) is 26.7. The van der Waals surface area contributed by atoms with Crippen molar-refractivity contribution in [3.05, 3.63) is 168 Å². The summed E-state index contributed by atoms with van der Waals surface area (Å²) in [5, 5.41) is 0. The minimum absolute atomic E-state index is 0.293. The lowest BCUT2D eigenvalue weighted by Gasteiger charge is -2.16. The van der Waals surface area contributed by atoms with E-state index >= 15 is 0 Å². The van der Waals surface area contributed by atoms with Gasteiger partial charge >= 0.3 is 0 Å². The van der Waals surface area contributed by atoms with Crippen LogP contribution < -0.4 is 5.72 Å². The second-order valence-corrected chi connectivity index (χ2v) is 11.7. The quantitative estimate of drug-likeness (QED) is 0.111. The van der Waals surface area contributed by atoms with Crippen molar-refractivity contribution in [2.45, 2.75) is 25.1 Å². The number of rotatable bonds is 11. The molecule has 5 rings (SSSR count). The first-order valence-electron chi connectivity index (χ1n) is 13.8. The van der Waals surface area contributed by atoms with E-state index in [4.69, 9.17) is 4.98 Å². The lowest BCUT2D eigenvalue weighted by atomic mass is 9.65. The summed E-state index contributed by atoms with van der Waals surface area (Å²) in [6.45, 7) is 2.30. The molecule has 1 aromatic heterocycles. The highest BCUT2D eigenvalue weighted by Crippen LogP contribution is 2.27. The number of hydrogen-bond acceptors (Lipinski definition) is 1. The van der Waals surface area contributed by atoms with Crippen LogP contribution in [0, 0.1) is 0 Å². The summed E-state index contributed by atoms with van der Waals surface area (Å²) in [5.74, 6) is 0.293. The summed E-state index contributed by atoms with van der Waals surface area (Å²) in [7, 11) is 0.471. The summed E-state index contributed by atoms with van der Waals surface area (Å²) in [6, 6.07) is 44.2. The van der Waals surface area contributed by atoms with E-state index in [2.05, 4.69) is 151 Å². The van der Waals surface area contributed by atoms with Crippen LogP contribution in [0.2, 0.25) is 6.04 Å². The molecule has 0 N–H and O–H groups in total. The van der Waals surface area contributed by atoms with E-state index in [0.717, 1.165) is 19.2 Å². The van der Waals surface area contributed by atoms with Crippen LogP contribution in [0.1, 0.15) is 35.1 Å². The highest BCUT2D eigenvalue weighted by molar-refractivity contribution is 6.73. The Hall–Kier alpha value is -4.15. The number of aromatic nitrogens is 2. The van der Waals surface area contributed by atoms with Crippen molar-refractivity contribution in [3.63, 3.8) is 0 Å². The van der Waals surface area contributed by atoms with Crippen LogP contribution in [-0.4, -0.2) is 26.4 Å². The van der Waals surface area contributed by atoms with E-state index < -0.39 is 0 Å². The van der Waals surface area contributed by atoms with E-state index in [0.29, 0.717) is 5.92 Å². The third kappa shape index (κ3) is 7.46. The van der Waals surface area contributed by atoms with Gasteiger partial charge in [-0.1, -0.05) is 145 Å². The third-order valence-electron chi connectivity index (χ3n) is 7.17. The van der Waals surface area contributed by atoms with E-state index in [1.54, 1.807) is 0 Å². The first kappa shape index (κ1) is 26.5. The fraction of sp³-hybridized carbons (Fsp3) is 0.114. The summed E-state index contributed by atoms with van der Waals surface area (Å²) in [6.07, 6.45) is 9.98. The van der Waals surface area contributed by atoms with Crippen molar-refractivity contribution in [2.75, 3.05) is 0 Å². The van der Waals surface area contributed by atoms with Gasteiger partial charge in [-0.25, -0.2) is 0 Å². The maximum absolute atomic E-state index is 4.78. The van der Waals surface area contributed by atoms with Crippen molar-refractivity contribution in [2.24, 2.45) is 0 Å². The Bertz CT molecular complexity index is 1450. The van der Waals surface area contributed by atoms with E-state index in [1.807, 2.05) is 6.20 Å². The molecule has 0 amide bonds. The molecule has 0 atom stereocenters. The van der Waals surface area contributed by atoms with Crippen LogP contribution in [-0.2, 0) is 6.17 Å². The van der Waals surface area contributed by atoms with Gasteiger partial charge in [0.2, 0.25) is 7.28 Å². The number of benzene rings is 4. The molecular weight excluding hydrogens is 487 g/mol. The second kappa shape index (κ2) is 13.6. The smallest absolute Gasteiger partial charge is 0.239 e. The average Bonchev–Trinajstić information content (AvgIpc) is 3.44. The number of hydrogen-bond donors (Lipinski definition) is 0. The molecular formula is C35H35BN2Si. The summed E-state index contributed by atoms with van der Waals surface area (Å²) in [4.78, 5) is 4.78. The molecule has 0 saturated carbocycles. The Morgan fingerprint density at radius 2 is 1.36 bits per heavy atom. The molecule has 4 aromatic carbocycles. The Morgan fingerprint density at radius 3 is 1.97 bits per heavy atom. The van der Waals surface area contributed by atoms with Crippen LogP contribution in [0.4, 0.5) is 0 Å². The van der Waals surface area contributed by atoms with Crippen molar-refractivity contribution in [1.82, 2.24) is 9.55 Å². The molecule has 4 heteroatoms. The van der Waals surface area contributed by atoms with E-state index in [1.165, 1.54) is 39.3 Å². The summed E-state index contributed by atoms with van der Waals surface area (Å²) >= 11 is 0. The molecule has 5 aromatic rings. The molecule has 1 heterocycles. The molecule has 0 bridgehead atoms.